The van der Waals surface area contributed by atoms with Crippen LogP contribution in [-0.2, 0) is 9.59 Å². The van der Waals surface area contributed by atoms with Crippen LogP contribution in [0, 0.1) is 6.92 Å². The molecule has 1 aromatic carbocycles. The lowest BCUT2D eigenvalue weighted by molar-refractivity contribution is -0.117. The summed E-state index contributed by atoms with van der Waals surface area (Å²) in [5.74, 6) is 0.617. The molecule has 2 amide bonds. The lowest BCUT2D eigenvalue weighted by atomic mass is 10.3. The Balaban J connectivity index is 1.33. The Morgan fingerprint density at radius 3 is 2.86 bits per heavy atom. The number of para-hydroxylation sites is 1. The average molecular weight is 398 g/mol. The summed E-state index contributed by atoms with van der Waals surface area (Å²) in [6.07, 6.45) is 0.0293. The van der Waals surface area contributed by atoms with Gasteiger partial charge in [-0.2, -0.15) is 10.1 Å². The summed E-state index contributed by atoms with van der Waals surface area (Å²) in [5.41, 5.74) is 1.08. The zero-order chi connectivity index (χ0) is 19.5. The van der Waals surface area contributed by atoms with E-state index >= 15 is 0 Å². The molecule has 10 nitrogen and oxygen atoms in total. The van der Waals surface area contributed by atoms with Crippen LogP contribution in [0.15, 0.2) is 55.7 Å². The number of amidine groups is 1. The van der Waals surface area contributed by atoms with Gasteiger partial charge in [-0.15, -0.1) is 10.2 Å². The predicted molar refractivity (Wildman–Crippen MR) is 99.4 cm³/mol. The summed E-state index contributed by atoms with van der Waals surface area (Å²) < 4.78 is 10.4. The molecule has 2 aromatic heterocycles. The monoisotopic (exact) mass is 398 g/mol. The Labute approximate surface area is 163 Å². The molecule has 0 saturated heterocycles. The quantitative estimate of drug-likeness (QED) is 0.647. The number of rotatable bonds is 5. The first-order valence-electron chi connectivity index (χ1n) is 8.24. The van der Waals surface area contributed by atoms with Crippen LogP contribution in [0.4, 0.5) is 5.69 Å². The molecule has 1 aliphatic rings. The van der Waals surface area contributed by atoms with E-state index in [-0.39, 0.29) is 35.1 Å². The smallest absolute Gasteiger partial charge is 0.277 e. The number of carbonyl (C=O) groups excluding carboxylic acids is 2. The van der Waals surface area contributed by atoms with Gasteiger partial charge in [-0.3, -0.25) is 9.59 Å². The van der Waals surface area contributed by atoms with E-state index in [1.165, 1.54) is 5.01 Å². The first kappa shape index (κ1) is 17.9. The highest BCUT2D eigenvalue weighted by molar-refractivity contribution is 7.99. The molecule has 3 aromatic rings. The number of thioether (sulfide) groups is 1. The summed E-state index contributed by atoms with van der Waals surface area (Å²) in [7, 11) is 0. The zero-order valence-electron chi connectivity index (χ0n) is 14.7. The van der Waals surface area contributed by atoms with Crippen molar-refractivity contribution in [2.45, 2.75) is 18.6 Å². The van der Waals surface area contributed by atoms with Gasteiger partial charge >= 0.3 is 0 Å². The molecular formula is C17H14N6O4S. The molecule has 0 aliphatic carbocycles. The van der Waals surface area contributed by atoms with Crippen LogP contribution < -0.4 is 10.3 Å². The number of carbonyl (C=O) groups is 2. The molecule has 1 N–H and O–H groups in total. The molecule has 3 heterocycles. The molecule has 142 valence electrons. The standard InChI is InChI=1S/C17H14N6O4S/c1-10-7-12(22-27-10)16-19-20-17(26-16)28-9-14(24)18-13-8-15(25)23(21-13)11-5-3-2-4-6-11/h2-7H,8-9H2,1H3,(H,18,21,24). The summed E-state index contributed by atoms with van der Waals surface area (Å²) >= 11 is 1.07. The Bertz CT molecular complexity index is 1040. The van der Waals surface area contributed by atoms with Crippen LogP contribution in [0.25, 0.3) is 11.6 Å². The van der Waals surface area contributed by atoms with Crippen LogP contribution in [0.1, 0.15) is 12.2 Å². The van der Waals surface area contributed by atoms with Crippen LogP contribution in [0.5, 0.6) is 0 Å². The summed E-state index contributed by atoms with van der Waals surface area (Å²) in [6, 6.07) is 10.7. The summed E-state index contributed by atoms with van der Waals surface area (Å²) in [5, 5.41) is 19.8. The molecule has 0 saturated carbocycles. The van der Waals surface area contributed by atoms with Crippen molar-refractivity contribution < 1.29 is 18.5 Å². The Morgan fingerprint density at radius 1 is 1.29 bits per heavy atom. The van der Waals surface area contributed by atoms with Gasteiger partial charge in [-0.25, -0.2) is 0 Å². The van der Waals surface area contributed by atoms with E-state index < -0.39 is 0 Å². The largest absolute Gasteiger partial charge is 0.409 e. The van der Waals surface area contributed by atoms with Gasteiger partial charge in [0, 0.05) is 6.07 Å². The number of hydrazone groups is 1. The van der Waals surface area contributed by atoms with Crippen molar-refractivity contribution in [3.8, 4) is 11.6 Å². The van der Waals surface area contributed by atoms with E-state index in [9.17, 15) is 9.59 Å². The van der Waals surface area contributed by atoms with E-state index in [1.54, 1.807) is 25.1 Å². The third kappa shape index (κ3) is 3.93. The summed E-state index contributed by atoms with van der Waals surface area (Å²) in [4.78, 5) is 24.2. The van der Waals surface area contributed by atoms with Gasteiger partial charge in [-0.1, -0.05) is 35.1 Å². The number of benzene rings is 1. The second kappa shape index (κ2) is 7.64. The van der Waals surface area contributed by atoms with Crippen molar-refractivity contribution in [2.75, 3.05) is 10.8 Å². The second-order valence-electron chi connectivity index (χ2n) is 5.80. The zero-order valence-corrected chi connectivity index (χ0v) is 15.5. The van der Waals surface area contributed by atoms with Gasteiger partial charge in [0.2, 0.25) is 5.91 Å². The number of hydrogen-bond donors (Lipinski definition) is 1. The Kier molecular flexibility index (Phi) is 4.89. The average Bonchev–Trinajstić information content (AvgIpc) is 3.41. The molecule has 11 heteroatoms. The first-order valence-corrected chi connectivity index (χ1v) is 9.22. The normalized spacial score (nSPS) is 13.7. The minimum atomic E-state index is -0.330. The van der Waals surface area contributed by atoms with E-state index in [4.69, 9.17) is 8.94 Å². The number of anilines is 1. The molecule has 0 fully saturated rings. The number of nitrogens with one attached hydrogen (secondary N) is 1. The Morgan fingerprint density at radius 2 is 2.11 bits per heavy atom. The van der Waals surface area contributed by atoms with Crippen molar-refractivity contribution in [3.63, 3.8) is 0 Å². The van der Waals surface area contributed by atoms with Crippen molar-refractivity contribution in [1.29, 1.82) is 0 Å². The van der Waals surface area contributed by atoms with E-state index in [0.29, 0.717) is 23.0 Å². The molecule has 0 bridgehead atoms. The van der Waals surface area contributed by atoms with Crippen molar-refractivity contribution in [3.05, 3.63) is 42.2 Å². The molecule has 4 rings (SSSR count). The maximum absolute atomic E-state index is 12.1. The summed E-state index contributed by atoms with van der Waals surface area (Å²) in [6.45, 7) is 1.75. The second-order valence-corrected chi connectivity index (χ2v) is 6.72. The number of hydrogen-bond acceptors (Lipinski definition) is 9. The highest BCUT2D eigenvalue weighted by Gasteiger charge is 2.26. The predicted octanol–water partition coefficient (Wildman–Crippen LogP) is 1.99. The molecule has 0 spiro atoms. The minimum Gasteiger partial charge on any atom is -0.409 e. The van der Waals surface area contributed by atoms with Gasteiger partial charge in [0.25, 0.3) is 17.0 Å². The fourth-order valence-corrected chi connectivity index (χ4v) is 3.00. The molecule has 0 unspecified atom stereocenters. The fraction of sp³-hybridized carbons (Fsp3) is 0.176. The lowest BCUT2D eigenvalue weighted by Gasteiger charge is -2.10. The van der Waals surface area contributed by atoms with Crippen LogP contribution >= 0.6 is 11.8 Å². The number of amides is 2. The fourth-order valence-electron chi connectivity index (χ4n) is 2.43. The van der Waals surface area contributed by atoms with Gasteiger partial charge in [0.1, 0.15) is 11.6 Å². The van der Waals surface area contributed by atoms with Gasteiger partial charge in [0.05, 0.1) is 17.9 Å². The lowest BCUT2D eigenvalue weighted by Crippen LogP contribution is -2.31. The molecule has 1 aliphatic heterocycles. The van der Waals surface area contributed by atoms with E-state index in [2.05, 4.69) is 25.8 Å². The SMILES string of the molecule is Cc1cc(-c2nnc(SCC(=O)NC3=NN(c4ccccc4)C(=O)C3)o2)no1. The first-order chi connectivity index (χ1) is 13.6. The molecule has 28 heavy (non-hydrogen) atoms. The van der Waals surface area contributed by atoms with Crippen molar-refractivity contribution >= 4 is 35.1 Å². The number of aromatic nitrogens is 3. The van der Waals surface area contributed by atoms with Crippen LogP contribution in [0.3, 0.4) is 0 Å². The van der Waals surface area contributed by atoms with Crippen LogP contribution in [0.2, 0.25) is 0 Å². The molecule has 0 radical (unpaired) electrons. The van der Waals surface area contributed by atoms with Gasteiger partial charge in [-0.05, 0) is 19.1 Å². The van der Waals surface area contributed by atoms with E-state index in [1.807, 2.05) is 18.2 Å². The van der Waals surface area contributed by atoms with Crippen molar-refractivity contribution in [1.82, 2.24) is 20.7 Å². The topological polar surface area (TPSA) is 127 Å². The molecule has 0 atom stereocenters. The minimum absolute atomic E-state index is 0.0258. The van der Waals surface area contributed by atoms with Crippen molar-refractivity contribution in [2.24, 2.45) is 5.10 Å². The van der Waals surface area contributed by atoms with Gasteiger partial charge < -0.3 is 14.3 Å². The number of aryl methyl sites for hydroxylation is 1. The highest BCUT2D eigenvalue weighted by Crippen LogP contribution is 2.23. The maximum Gasteiger partial charge on any atom is 0.277 e. The van der Waals surface area contributed by atoms with Crippen LogP contribution in [-0.4, -0.2) is 38.8 Å². The third-order valence-corrected chi connectivity index (χ3v) is 4.46. The molecular weight excluding hydrogens is 384 g/mol. The Hall–Kier alpha value is -3.47. The highest BCUT2D eigenvalue weighted by atomic mass is 32.2. The maximum atomic E-state index is 12.1. The van der Waals surface area contributed by atoms with Gasteiger partial charge in [0.15, 0.2) is 5.69 Å². The van der Waals surface area contributed by atoms with E-state index in [0.717, 1.165) is 11.8 Å². The third-order valence-electron chi connectivity index (χ3n) is 3.64. The number of nitrogens with zero attached hydrogens (tertiary/aromatic N) is 5.